The molecule has 1 atom stereocenters. The minimum Gasteiger partial charge on any atom is -0.494 e. The summed E-state index contributed by atoms with van der Waals surface area (Å²) in [4.78, 5) is 20.0. The lowest BCUT2D eigenvalue weighted by molar-refractivity contribution is -0.126. The molecule has 6 nitrogen and oxygen atoms in total. The van der Waals surface area contributed by atoms with Gasteiger partial charge in [-0.25, -0.2) is 4.98 Å². The normalized spacial score (nSPS) is 14.9. The number of thiazole rings is 1. The van der Waals surface area contributed by atoms with Crippen molar-refractivity contribution < 1.29 is 19.0 Å². The van der Waals surface area contributed by atoms with Crippen LogP contribution in [0.15, 0.2) is 72.8 Å². The number of hydrogen-bond donors (Lipinski definition) is 0. The molecular formula is C24H20N2O4S. The van der Waals surface area contributed by atoms with Crippen molar-refractivity contribution in [1.82, 2.24) is 4.98 Å². The van der Waals surface area contributed by atoms with Crippen LogP contribution in [-0.4, -0.2) is 30.2 Å². The Hall–Kier alpha value is -3.58. The second kappa shape index (κ2) is 8.28. The molecule has 156 valence electrons. The predicted octanol–water partition coefficient (Wildman–Crippen LogP) is 5.20. The van der Waals surface area contributed by atoms with Gasteiger partial charge in [-0.1, -0.05) is 35.6 Å². The van der Waals surface area contributed by atoms with E-state index in [0.717, 1.165) is 16.0 Å². The van der Waals surface area contributed by atoms with E-state index in [2.05, 4.69) is 0 Å². The lowest BCUT2D eigenvalue weighted by Gasteiger charge is -2.29. The highest BCUT2D eigenvalue weighted by molar-refractivity contribution is 7.22. The molecule has 1 amide bonds. The van der Waals surface area contributed by atoms with Crippen molar-refractivity contribution in [2.24, 2.45) is 0 Å². The number of anilines is 2. The zero-order valence-corrected chi connectivity index (χ0v) is 17.7. The van der Waals surface area contributed by atoms with Crippen molar-refractivity contribution in [2.75, 3.05) is 18.1 Å². The minimum atomic E-state index is -0.784. The summed E-state index contributed by atoms with van der Waals surface area (Å²) < 4.78 is 18.3. The largest absolute Gasteiger partial charge is 0.494 e. The highest BCUT2D eigenvalue weighted by Crippen LogP contribution is 2.37. The molecule has 1 aliphatic rings. The number of aromatic nitrogens is 1. The molecule has 0 saturated heterocycles. The second-order valence-corrected chi connectivity index (χ2v) is 7.94. The Morgan fingerprint density at radius 3 is 2.58 bits per heavy atom. The Morgan fingerprint density at radius 1 is 1.06 bits per heavy atom. The van der Waals surface area contributed by atoms with Crippen LogP contribution in [-0.2, 0) is 4.79 Å². The van der Waals surface area contributed by atoms with Crippen molar-refractivity contribution in [3.63, 3.8) is 0 Å². The van der Waals surface area contributed by atoms with Gasteiger partial charge in [-0.3, -0.25) is 9.69 Å². The van der Waals surface area contributed by atoms with Crippen LogP contribution in [0.2, 0.25) is 0 Å². The van der Waals surface area contributed by atoms with Crippen molar-refractivity contribution >= 4 is 38.3 Å². The monoisotopic (exact) mass is 432 g/mol. The topological polar surface area (TPSA) is 60.9 Å². The van der Waals surface area contributed by atoms with Gasteiger partial charge in [-0.2, -0.15) is 0 Å². The van der Waals surface area contributed by atoms with Crippen LogP contribution in [0, 0.1) is 0 Å². The summed E-state index contributed by atoms with van der Waals surface area (Å²) in [6.45, 7) is 2.64. The molecule has 0 spiro atoms. The van der Waals surface area contributed by atoms with Gasteiger partial charge in [0.1, 0.15) is 12.4 Å². The van der Waals surface area contributed by atoms with Gasteiger partial charge in [0, 0.05) is 0 Å². The zero-order valence-electron chi connectivity index (χ0n) is 16.9. The number of nitrogens with zero attached hydrogens (tertiary/aromatic N) is 2. The first-order valence-electron chi connectivity index (χ1n) is 10.0. The third-order valence-electron chi connectivity index (χ3n) is 4.88. The van der Waals surface area contributed by atoms with E-state index in [9.17, 15) is 4.79 Å². The van der Waals surface area contributed by atoms with Gasteiger partial charge in [0.25, 0.3) is 5.91 Å². The van der Waals surface area contributed by atoms with E-state index < -0.39 is 6.10 Å². The van der Waals surface area contributed by atoms with Crippen LogP contribution in [0.5, 0.6) is 17.2 Å². The summed E-state index contributed by atoms with van der Waals surface area (Å²) in [6, 6.07) is 22.6. The predicted molar refractivity (Wildman–Crippen MR) is 121 cm³/mol. The number of fused-ring (bicyclic) bond motifs is 2. The van der Waals surface area contributed by atoms with Crippen LogP contribution in [0.3, 0.4) is 0 Å². The molecule has 1 aromatic heterocycles. The van der Waals surface area contributed by atoms with E-state index >= 15 is 0 Å². The van der Waals surface area contributed by atoms with E-state index in [0.29, 0.717) is 28.9 Å². The molecule has 31 heavy (non-hydrogen) atoms. The molecule has 0 aliphatic carbocycles. The fourth-order valence-electron chi connectivity index (χ4n) is 3.43. The lowest BCUT2D eigenvalue weighted by Crippen LogP contribution is -2.44. The van der Waals surface area contributed by atoms with Crippen molar-refractivity contribution in [3.05, 3.63) is 72.8 Å². The van der Waals surface area contributed by atoms with Crippen LogP contribution in [0.1, 0.15) is 6.92 Å². The quantitative estimate of drug-likeness (QED) is 0.434. The number of rotatable bonds is 5. The fourth-order valence-corrected chi connectivity index (χ4v) is 4.42. The molecule has 0 N–H and O–H groups in total. The minimum absolute atomic E-state index is 0.133. The number of ether oxygens (including phenoxy) is 3. The Labute approximate surface area is 183 Å². The third-order valence-corrected chi connectivity index (χ3v) is 5.91. The van der Waals surface area contributed by atoms with Crippen molar-refractivity contribution in [2.45, 2.75) is 13.0 Å². The SMILES string of the molecule is CCOc1ccc(N(C(=O)C2COc3ccccc3O2)c2nc3ccccc3s2)cc1. The van der Waals surface area contributed by atoms with Gasteiger partial charge in [0.15, 0.2) is 16.6 Å². The molecule has 0 radical (unpaired) electrons. The molecule has 0 fully saturated rings. The molecule has 1 aliphatic heterocycles. The number of hydrogen-bond acceptors (Lipinski definition) is 6. The first-order valence-corrected chi connectivity index (χ1v) is 10.9. The smallest absolute Gasteiger partial charge is 0.278 e. The number of para-hydroxylation sites is 3. The van der Waals surface area contributed by atoms with E-state index in [1.165, 1.54) is 11.3 Å². The molecule has 2 heterocycles. The van der Waals surface area contributed by atoms with Gasteiger partial charge < -0.3 is 14.2 Å². The lowest BCUT2D eigenvalue weighted by atomic mass is 10.2. The molecule has 3 aromatic carbocycles. The van der Waals surface area contributed by atoms with Gasteiger partial charge in [0.2, 0.25) is 6.10 Å². The van der Waals surface area contributed by atoms with Crippen LogP contribution >= 0.6 is 11.3 Å². The molecule has 5 rings (SSSR count). The molecular weight excluding hydrogens is 412 g/mol. The van der Waals surface area contributed by atoms with Crippen molar-refractivity contribution in [1.29, 1.82) is 0 Å². The number of carbonyl (C=O) groups is 1. The Kier molecular flexibility index (Phi) is 5.18. The highest BCUT2D eigenvalue weighted by atomic mass is 32.1. The second-order valence-electron chi connectivity index (χ2n) is 6.93. The van der Waals surface area contributed by atoms with E-state index in [1.54, 1.807) is 11.0 Å². The summed E-state index contributed by atoms with van der Waals surface area (Å²) in [5, 5.41) is 0.581. The summed E-state index contributed by atoms with van der Waals surface area (Å²) in [5.74, 6) is 1.70. The molecule has 0 bridgehead atoms. The zero-order chi connectivity index (χ0) is 21.2. The first kappa shape index (κ1) is 19.4. The van der Waals surface area contributed by atoms with Gasteiger partial charge in [0.05, 0.1) is 22.5 Å². The van der Waals surface area contributed by atoms with E-state index in [-0.39, 0.29) is 12.5 Å². The Morgan fingerprint density at radius 2 is 1.81 bits per heavy atom. The van der Waals surface area contributed by atoms with Crippen LogP contribution in [0.25, 0.3) is 10.2 Å². The molecule has 0 saturated carbocycles. The molecule has 7 heteroatoms. The highest BCUT2D eigenvalue weighted by Gasteiger charge is 2.34. The fraction of sp³-hybridized carbons (Fsp3) is 0.167. The summed E-state index contributed by atoms with van der Waals surface area (Å²) in [7, 11) is 0. The molecule has 1 unspecified atom stereocenters. The number of benzene rings is 3. The average molecular weight is 433 g/mol. The maximum absolute atomic E-state index is 13.7. The Bertz CT molecular complexity index is 1190. The maximum atomic E-state index is 13.7. The number of amides is 1. The summed E-state index contributed by atoms with van der Waals surface area (Å²) in [6.07, 6.45) is -0.784. The van der Waals surface area contributed by atoms with E-state index in [4.69, 9.17) is 19.2 Å². The summed E-state index contributed by atoms with van der Waals surface area (Å²) in [5.41, 5.74) is 1.53. The van der Waals surface area contributed by atoms with Crippen LogP contribution in [0.4, 0.5) is 10.8 Å². The number of carbonyl (C=O) groups excluding carboxylic acids is 1. The average Bonchev–Trinajstić information content (AvgIpc) is 3.24. The van der Waals surface area contributed by atoms with E-state index in [1.807, 2.05) is 73.7 Å². The Balaban J connectivity index is 1.52. The van der Waals surface area contributed by atoms with Gasteiger partial charge >= 0.3 is 0 Å². The molecule has 4 aromatic rings. The van der Waals surface area contributed by atoms with Crippen molar-refractivity contribution in [3.8, 4) is 17.2 Å². The summed E-state index contributed by atoms with van der Waals surface area (Å²) >= 11 is 1.46. The van der Waals surface area contributed by atoms with Gasteiger partial charge in [-0.15, -0.1) is 0 Å². The first-order chi connectivity index (χ1) is 15.2. The standard InChI is InChI=1S/C24H20N2O4S/c1-2-28-17-13-11-16(12-14-17)26(24-25-18-7-3-6-10-22(18)31-24)23(27)21-15-29-19-8-4-5-9-20(19)30-21/h3-14,21H,2,15H2,1H3. The van der Waals surface area contributed by atoms with Gasteiger partial charge in [-0.05, 0) is 55.5 Å². The maximum Gasteiger partial charge on any atom is 0.278 e. The third kappa shape index (κ3) is 3.80. The van der Waals surface area contributed by atoms with Crippen LogP contribution < -0.4 is 19.1 Å².